The second kappa shape index (κ2) is 7.05. The van der Waals surface area contributed by atoms with Crippen molar-refractivity contribution in [3.8, 4) is 0 Å². The third-order valence-electron chi connectivity index (χ3n) is 2.54. The summed E-state index contributed by atoms with van der Waals surface area (Å²) in [5.41, 5.74) is 0.471. The Bertz CT molecular complexity index is 499. The number of esters is 1. The van der Waals surface area contributed by atoms with Crippen LogP contribution in [0.3, 0.4) is 0 Å². The molecular weight excluding hydrogens is 294 g/mol. The molecule has 0 bridgehead atoms. The molecule has 8 heteroatoms. The van der Waals surface area contributed by atoms with E-state index in [1.54, 1.807) is 0 Å². The Balaban J connectivity index is 2.74. The van der Waals surface area contributed by atoms with E-state index in [0.29, 0.717) is 5.56 Å². The van der Waals surface area contributed by atoms with Crippen LogP contribution in [0.25, 0.3) is 0 Å². The first-order chi connectivity index (χ1) is 9.71. The normalized spacial score (nSPS) is 12.6. The van der Waals surface area contributed by atoms with Gasteiger partial charge in [-0.3, -0.25) is 4.79 Å². The molecule has 116 valence electrons. The van der Waals surface area contributed by atoms with E-state index < -0.39 is 36.3 Å². The number of carbonyl (C=O) groups is 2. The van der Waals surface area contributed by atoms with Gasteiger partial charge in [0.05, 0.1) is 7.11 Å². The average Bonchev–Trinajstić information content (AvgIpc) is 2.37. The van der Waals surface area contributed by atoms with Gasteiger partial charge in [-0.05, 0) is 17.7 Å². The highest BCUT2D eigenvalue weighted by Gasteiger charge is 2.33. The fraction of sp³-hybridized carbons (Fsp3) is 0.385. The number of carbonyl (C=O) groups excluding carboxylic acids is 2. The van der Waals surface area contributed by atoms with Crippen LogP contribution in [0.4, 0.5) is 17.6 Å². The summed E-state index contributed by atoms with van der Waals surface area (Å²) in [4.78, 5) is 22.7. The molecule has 1 aromatic carbocycles. The molecule has 0 unspecified atom stereocenters. The number of hydrogen-bond acceptors (Lipinski definition) is 3. The predicted octanol–water partition coefficient (Wildman–Crippen LogP) is 1.98. The number of nitrogens with one attached hydrogen (secondary N) is 1. The second-order valence-electron chi connectivity index (χ2n) is 4.27. The van der Waals surface area contributed by atoms with E-state index in [2.05, 4.69) is 4.74 Å². The van der Waals surface area contributed by atoms with E-state index in [0.717, 1.165) is 19.2 Å². The molecule has 1 rings (SSSR count). The van der Waals surface area contributed by atoms with Gasteiger partial charge in [0.15, 0.2) is 0 Å². The maximum absolute atomic E-state index is 12.8. The van der Waals surface area contributed by atoms with Crippen molar-refractivity contribution in [3.05, 3.63) is 35.6 Å². The lowest BCUT2D eigenvalue weighted by Gasteiger charge is -2.17. The Kier molecular flexibility index (Phi) is 5.69. The molecule has 0 spiro atoms. The van der Waals surface area contributed by atoms with Gasteiger partial charge in [-0.1, -0.05) is 12.1 Å². The van der Waals surface area contributed by atoms with Gasteiger partial charge < -0.3 is 10.1 Å². The van der Waals surface area contributed by atoms with E-state index in [9.17, 15) is 27.2 Å². The number of rotatable bonds is 5. The minimum atomic E-state index is -4.67. The van der Waals surface area contributed by atoms with Crippen molar-refractivity contribution in [3.63, 3.8) is 0 Å². The van der Waals surface area contributed by atoms with Crippen LogP contribution in [-0.2, 0) is 20.7 Å². The Hall–Kier alpha value is -2.12. The zero-order valence-electron chi connectivity index (χ0n) is 11.0. The van der Waals surface area contributed by atoms with E-state index in [4.69, 9.17) is 0 Å². The van der Waals surface area contributed by atoms with Crippen molar-refractivity contribution in [2.75, 3.05) is 7.11 Å². The van der Waals surface area contributed by atoms with Crippen molar-refractivity contribution in [2.45, 2.75) is 25.1 Å². The number of ether oxygens (including phenoxy) is 1. The molecule has 0 aromatic heterocycles. The van der Waals surface area contributed by atoms with Gasteiger partial charge >= 0.3 is 12.1 Å². The SMILES string of the molecule is COC(=O)[C@@H](Cc1ccc(F)cc1)NC(=O)CC(F)(F)F. The highest BCUT2D eigenvalue weighted by atomic mass is 19.4. The molecule has 0 heterocycles. The Morgan fingerprint density at radius 2 is 1.81 bits per heavy atom. The van der Waals surface area contributed by atoms with E-state index >= 15 is 0 Å². The van der Waals surface area contributed by atoms with Gasteiger partial charge in [-0.15, -0.1) is 0 Å². The lowest BCUT2D eigenvalue weighted by molar-refractivity contribution is -0.157. The Morgan fingerprint density at radius 3 is 2.29 bits per heavy atom. The summed E-state index contributed by atoms with van der Waals surface area (Å²) in [7, 11) is 1.05. The van der Waals surface area contributed by atoms with Crippen LogP contribution in [0.2, 0.25) is 0 Å². The molecule has 0 saturated carbocycles. The molecule has 0 aliphatic carbocycles. The molecule has 0 aliphatic heterocycles. The second-order valence-corrected chi connectivity index (χ2v) is 4.27. The van der Waals surface area contributed by atoms with Gasteiger partial charge in [-0.25, -0.2) is 9.18 Å². The maximum Gasteiger partial charge on any atom is 0.397 e. The lowest BCUT2D eigenvalue weighted by atomic mass is 10.1. The maximum atomic E-state index is 12.8. The highest BCUT2D eigenvalue weighted by molar-refractivity contribution is 5.84. The quantitative estimate of drug-likeness (QED) is 0.668. The van der Waals surface area contributed by atoms with Crippen LogP contribution < -0.4 is 5.32 Å². The molecule has 21 heavy (non-hydrogen) atoms. The molecule has 0 aliphatic rings. The van der Waals surface area contributed by atoms with Gasteiger partial charge in [0.1, 0.15) is 18.3 Å². The first kappa shape index (κ1) is 16.9. The summed E-state index contributed by atoms with van der Waals surface area (Å²) in [6, 6.07) is 3.74. The number of halogens is 4. The van der Waals surface area contributed by atoms with E-state index in [1.807, 2.05) is 5.32 Å². The van der Waals surface area contributed by atoms with Crippen molar-refractivity contribution >= 4 is 11.9 Å². The van der Waals surface area contributed by atoms with Gasteiger partial charge in [0, 0.05) is 6.42 Å². The monoisotopic (exact) mass is 307 g/mol. The number of methoxy groups -OCH3 is 1. The molecule has 0 fully saturated rings. The topological polar surface area (TPSA) is 55.4 Å². The third kappa shape index (κ3) is 6.24. The average molecular weight is 307 g/mol. The summed E-state index contributed by atoms with van der Waals surface area (Å²) in [5.74, 6) is -2.70. The first-order valence-electron chi connectivity index (χ1n) is 5.89. The van der Waals surface area contributed by atoms with Crippen LogP contribution in [0.1, 0.15) is 12.0 Å². The standard InChI is InChI=1S/C13H13F4NO3/c1-21-12(20)10(18-11(19)7-13(15,16)17)6-8-2-4-9(14)5-3-8/h2-5,10H,6-7H2,1H3,(H,18,19)/t10-/m1/s1. The zero-order valence-corrected chi connectivity index (χ0v) is 11.0. The number of alkyl halides is 3. The van der Waals surface area contributed by atoms with Crippen molar-refractivity contribution < 1.29 is 31.9 Å². The summed E-state index contributed by atoms with van der Waals surface area (Å²) in [6.45, 7) is 0. The fourth-order valence-corrected chi connectivity index (χ4v) is 1.62. The predicted molar refractivity (Wildman–Crippen MR) is 64.7 cm³/mol. The largest absolute Gasteiger partial charge is 0.467 e. The first-order valence-corrected chi connectivity index (χ1v) is 5.89. The van der Waals surface area contributed by atoms with Gasteiger partial charge in [-0.2, -0.15) is 13.2 Å². The Morgan fingerprint density at radius 1 is 1.24 bits per heavy atom. The molecule has 4 nitrogen and oxygen atoms in total. The zero-order chi connectivity index (χ0) is 16.0. The molecule has 1 atom stereocenters. The highest BCUT2D eigenvalue weighted by Crippen LogP contribution is 2.19. The molecule has 1 aromatic rings. The molecule has 0 saturated heterocycles. The summed E-state index contributed by atoms with van der Waals surface area (Å²) < 4.78 is 53.5. The summed E-state index contributed by atoms with van der Waals surface area (Å²) in [6.07, 6.45) is -6.46. The molecule has 1 N–H and O–H groups in total. The minimum Gasteiger partial charge on any atom is -0.467 e. The van der Waals surface area contributed by atoms with Crippen molar-refractivity contribution in [1.82, 2.24) is 5.32 Å². The minimum absolute atomic E-state index is 0.101. The molecular formula is C13H13F4NO3. The van der Waals surface area contributed by atoms with Crippen molar-refractivity contribution in [2.24, 2.45) is 0 Å². The fourth-order valence-electron chi connectivity index (χ4n) is 1.62. The lowest BCUT2D eigenvalue weighted by Crippen LogP contribution is -2.44. The van der Waals surface area contributed by atoms with Crippen LogP contribution in [-0.4, -0.2) is 31.2 Å². The smallest absolute Gasteiger partial charge is 0.397 e. The van der Waals surface area contributed by atoms with Crippen LogP contribution >= 0.6 is 0 Å². The summed E-state index contributed by atoms with van der Waals surface area (Å²) in [5, 5.41) is 1.96. The van der Waals surface area contributed by atoms with Gasteiger partial charge in [0.25, 0.3) is 0 Å². The van der Waals surface area contributed by atoms with E-state index in [1.165, 1.54) is 12.1 Å². The number of amides is 1. The third-order valence-corrected chi connectivity index (χ3v) is 2.54. The number of hydrogen-bond donors (Lipinski definition) is 1. The van der Waals surface area contributed by atoms with Crippen molar-refractivity contribution in [1.29, 1.82) is 0 Å². The van der Waals surface area contributed by atoms with Crippen LogP contribution in [0.5, 0.6) is 0 Å². The molecule has 1 amide bonds. The van der Waals surface area contributed by atoms with Gasteiger partial charge in [0.2, 0.25) is 5.91 Å². The molecule has 0 radical (unpaired) electrons. The van der Waals surface area contributed by atoms with E-state index in [-0.39, 0.29) is 6.42 Å². The number of benzene rings is 1. The Labute approximate surface area is 118 Å². The van der Waals surface area contributed by atoms with Crippen LogP contribution in [0, 0.1) is 5.82 Å². The summed E-state index contributed by atoms with van der Waals surface area (Å²) >= 11 is 0. The van der Waals surface area contributed by atoms with Crippen LogP contribution in [0.15, 0.2) is 24.3 Å².